The summed E-state index contributed by atoms with van der Waals surface area (Å²) in [5.74, 6) is 1.08. The second kappa shape index (κ2) is 8.11. The number of hydrogen-bond donors (Lipinski definition) is 2. The van der Waals surface area contributed by atoms with Crippen LogP contribution in [0.5, 0.6) is 0 Å². The average molecular weight is 414 g/mol. The summed E-state index contributed by atoms with van der Waals surface area (Å²) in [7, 11) is 2.11. The molecule has 0 unspecified atom stereocenters. The lowest BCUT2D eigenvalue weighted by Gasteiger charge is -2.33. The second-order valence-electron chi connectivity index (χ2n) is 7.62. The van der Waals surface area contributed by atoms with Crippen LogP contribution in [0.4, 0.5) is 11.6 Å². The number of hydrogen-bond acceptors (Lipinski definition) is 7. The molecule has 2 N–H and O–H groups in total. The number of H-pyrrole nitrogens is 1. The molecule has 1 aliphatic heterocycles. The fourth-order valence-electron chi connectivity index (χ4n) is 3.62. The van der Waals surface area contributed by atoms with E-state index in [-0.39, 0.29) is 5.91 Å². The lowest BCUT2D eigenvalue weighted by atomic mass is 10.1. The van der Waals surface area contributed by atoms with Gasteiger partial charge in [0.1, 0.15) is 11.6 Å². The van der Waals surface area contributed by atoms with Crippen LogP contribution in [-0.2, 0) is 0 Å². The van der Waals surface area contributed by atoms with Gasteiger partial charge in [-0.3, -0.25) is 14.9 Å². The number of fused-ring (bicyclic) bond motifs is 1. The summed E-state index contributed by atoms with van der Waals surface area (Å²) in [4.78, 5) is 30.6. The van der Waals surface area contributed by atoms with Crippen LogP contribution in [0, 0.1) is 0 Å². The molecule has 0 aromatic carbocycles. The van der Waals surface area contributed by atoms with Crippen LogP contribution in [0.1, 0.15) is 10.4 Å². The minimum absolute atomic E-state index is 0.219. The number of rotatable bonds is 4. The first kappa shape index (κ1) is 19.1. The predicted molar refractivity (Wildman–Crippen MR) is 119 cm³/mol. The Bertz CT molecular complexity index is 1220. The fraction of sp³-hybridized carbons (Fsp3) is 0.227. The Morgan fingerprint density at radius 1 is 1.00 bits per heavy atom. The van der Waals surface area contributed by atoms with Crippen LogP contribution in [0.15, 0.2) is 55.2 Å². The van der Waals surface area contributed by atoms with Crippen molar-refractivity contribution in [2.45, 2.75) is 0 Å². The first-order valence-corrected chi connectivity index (χ1v) is 10.1. The van der Waals surface area contributed by atoms with Crippen LogP contribution in [0.3, 0.4) is 0 Å². The van der Waals surface area contributed by atoms with Crippen molar-refractivity contribution in [3.63, 3.8) is 0 Å². The summed E-state index contributed by atoms with van der Waals surface area (Å²) in [6.07, 6.45) is 8.68. The highest BCUT2D eigenvalue weighted by Gasteiger charge is 2.17. The van der Waals surface area contributed by atoms with E-state index in [0.717, 1.165) is 54.0 Å². The summed E-state index contributed by atoms with van der Waals surface area (Å²) in [6.45, 7) is 3.75. The Morgan fingerprint density at radius 3 is 2.68 bits per heavy atom. The number of aromatic amines is 1. The molecule has 0 radical (unpaired) electrons. The number of likely N-dealkylation sites (N-methyl/N-ethyl adjacent to an activating group) is 1. The average Bonchev–Trinajstić information content (AvgIpc) is 3.34. The smallest absolute Gasteiger partial charge is 0.257 e. The first-order valence-electron chi connectivity index (χ1n) is 10.1. The first-order chi connectivity index (χ1) is 15.2. The van der Waals surface area contributed by atoms with E-state index in [1.165, 1.54) is 0 Å². The third-order valence-electron chi connectivity index (χ3n) is 5.48. The van der Waals surface area contributed by atoms with E-state index in [0.29, 0.717) is 11.4 Å². The van der Waals surface area contributed by atoms with Gasteiger partial charge in [0.05, 0.1) is 17.9 Å². The minimum Gasteiger partial charge on any atom is -0.354 e. The van der Waals surface area contributed by atoms with Crippen LogP contribution < -0.4 is 10.2 Å². The highest BCUT2D eigenvalue weighted by Crippen LogP contribution is 2.23. The maximum Gasteiger partial charge on any atom is 0.257 e. The largest absolute Gasteiger partial charge is 0.354 e. The van der Waals surface area contributed by atoms with Gasteiger partial charge in [-0.15, -0.1) is 0 Å². The Kier molecular flexibility index (Phi) is 5.01. The molecule has 9 heteroatoms. The zero-order valence-electron chi connectivity index (χ0n) is 17.1. The third-order valence-corrected chi connectivity index (χ3v) is 5.48. The van der Waals surface area contributed by atoms with Gasteiger partial charge in [0.25, 0.3) is 5.91 Å². The van der Waals surface area contributed by atoms with Gasteiger partial charge >= 0.3 is 0 Å². The highest BCUT2D eigenvalue weighted by atomic mass is 16.1. The molecule has 0 bridgehead atoms. The van der Waals surface area contributed by atoms with Crippen LogP contribution in [-0.4, -0.2) is 69.2 Å². The normalized spacial score (nSPS) is 14.7. The van der Waals surface area contributed by atoms with Crippen molar-refractivity contribution in [2.24, 2.45) is 0 Å². The third kappa shape index (κ3) is 4.08. The van der Waals surface area contributed by atoms with Crippen LogP contribution in [0.25, 0.3) is 22.0 Å². The number of anilines is 2. The van der Waals surface area contributed by atoms with Crippen LogP contribution >= 0.6 is 0 Å². The standard InChI is InChI=1S/C22H22N8O/c1-29-4-6-30(7-5-29)21-10-15(2-3-23-21)22(31)28-20-9-16-8-17(18-12-26-27-13-18)11-24-19(16)14-25-20/h2-3,8-14H,4-7H2,1H3,(H,26,27)(H,25,28,31). The van der Waals surface area contributed by atoms with E-state index >= 15 is 0 Å². The summed E-state index contributed by atoms with van der Waals surface area (Å²) >= 11 is 0. The molecule has 156 valence electrons. The number of nitrogens with zero attached hydrogens (tertiary/aromatic N) is 6. The van der Waals surface area contributed by atoms with Crippen molar-refractivity contribution in [2.75, 3.05) is 43.4 Å². The Morgan fingerprint density at radius 2 is 1.87 bits per heavy atom. The molecule has 5 rings (SSSR count). The molecule has 0 saturated carbocycles. The number of nitrogens with one attached hydrogen (secondary N) is 2. The van der Waals surface area contributed by atoms with Crippen molar-refractivity contribution in [3.8, 4) is 11.1 Å². The van der Waals surface area contributed by atoms with Crippen molar-refractivity contribution in [3.05, 3.63) is 60.8 Å². The lowest BCUT2D eigenvalue weighted by molar-refractivity contribution is 0.102. The quantitative estimate of drug-likeness (QED) is 0.529. The topological polar surface area (TPSA) is 103 Å². The SMILES string of the molecule is CN1CCN(c2cc(C(=O)Nc3cc4cc(-c5cn[nH]c5)cnc4cn3)ccn2)CC1. The maximum atomic E-state index is 12.9. The van der Waals surface area contributed by atoms with Gasteiger partial charge in [0.2, 0.25) is 0 Å². The number of amides is 1. The summed E-state index contributed by atoms with van der Waals surface area (Å²) in [5, 5.41) is 10.6. The van der Waals surface area contributed by atoms with Gasteiger partial charge in [0, 0.05) is 66.8 Å². The lowest BCUT2D eigenvalue weighted by Crippen LogP contribution is -2.44. The van der Waals surface area contributed by atoms with Gasteiger partial charge in [-0.05, 0) is 31.3 Å². The van der Waals surface area contributed by atoms with Crippen LogP contribution in [0.2, 0.25) is 0 Å². The fourth-order valence-corrected chi connectivity index (χ4v) is 3.62. The van der Waals surface area contributed by atoms with E-state index in [1.54, 1.807) is 30.9 Å². The number of pyridine rings is 3. The van der Waals surface area contributed by atoms with E-state index in [9.17, 15) is 4.79 Å². The molecule has 4 aromatic rings. The number of piperazine rings is 1. The highest BCUT2D eigenvalue weighted by molar-refractivity contribution is 6.04. The van der Waals surface area contributed by atoms with E-state index in [2.05, 4.69) is 47.3 Å². The molecule has 1 saturated heterocycles. The van der Waals surface area contributed by atoms with Gasteiger partial charge in [-0.1, -0.05) is 0 Å². The number of carbonyl (C=O) groups excluding carboxylic acids is 1. The second-order valence-corrected chi connectivity index (χ2v) is 7.62. The number of carbonyl (C=O) groups is 1. The summed E-state index contributed by atoms with van der Waals surface area (Å²) < 4.78 is 0. The van der Waals surface area contributed by atoms with Gasteiger partial charge < -0.3 is 15.1 Å². The molecule has 4 aromatic heterocycles. The molecule has 5 heterocycles. The zero-order chi connectivity index (χ0) is 21.2. The van der Waals surface area contributed by atoms with Gasteiger partial charge in [-0.25, -0.2) is 9.97 Å². The van der Waals surface area contributed by atoms with E-state index in [4.69, 9.17) is 0 Å². The van der Waals surface area contributed by atoms with Crippen molar-refractivity contribution in [1.82, 2.24) is 30.0 Å². The minimum atomic E-state index is -0.219. The molecular formula is C22H22N8O. The molecule has 0 aliphatic carbocycles. The molecule has 1 aliphatic rings. The Hall–Kier alpha value is -3.85. The monoisotopic (exact) mass is 414 g/mol. The molecule has 0 spiro atoms. The summed E-state index contributed by atoms with van der Waals surface area (Å²) in [5.41, 5.74) is 3.20. The van der Waals surface area contributed by atoms with Crippen molar-refractivity contribution >= 4 is 28.4 Å². The summed E-state index contributed by atoms with van der Waals surface area (Å²) in [6, 6.07) is 7.38. The Labute approximate surface area is 179 Å². The number of aromatic nitrogens is 5. The zero-order valence-corrected chi connectivity index (χ0v) is 17.1. The predicted octanol–water partition coefficient (Wildman–Crippen LogP) is 2.42. The van der Waals surface area contributed by atoms with Crippen molar-refractivity contribution < 1.29 is 4.79 Å². The van der Waals surface area contributed by atoms with Crippen molar-refractivity contribution in [1.29, 1.82) is 0 Å². The Balaban J connectivity index is 1.35. The molecule has 1 fully saturated rings. The molecular weight excluding hydrogens is 392 g/mol. The molecule has 31 heavy (non-hydrogen) atoms. The molecule has 1 amide bonds. The van der Waals surface area contributed by atoms with Gasteiger partial charge in [-0.2, -0.15) is 5.10 Å². The van der Waals surface area contributed by atoms with Gasteiger partial charge in [0.15, 0.2) is 0 Å². The maximum absolute atomic E-state index is 12.9. The molecule has 9 nitrogen and oxygen atoms in total. The van der Waals surface area contributed by atoms with E-state index in [1.807, 2.05) is 24.4 Å². The van der Waals surface area contributed by atoms with E-state index < -0.39 is 0 Å². The molecule has 0 atom stereocenters.